The van der Waals surface area contributed by atoms with Crippen LogP contribution in [0.3, 0.4) is 0 Å². The Bertz CT molecular complexity index is 1040. The number of allylic oxidation sites excluding steroid dienone is 2. The third-order valence-electron chi connectivity index (χ3n) is 10.4. The number of carbonyl (C=O) groups is 2. The predicted molar refractivity (Wildman–Crippen MR) is 217 cm³/mol. The number of esters is 2. The fourth-order valence-corrected chi connectivity index (χ4v) is 7.73. The molecule has 0 aromatic carbocycles. The molecule has 0 saturated heterocycles. The van der Waals surface area contributed by atoms with Crippen LogP contribution in [0.15, 0.2) is 12.2 Å². The van der Waals surface area contributed by atoms with E-state index in [4.69, 9.17) is 18.5 Å². The van der Waals surface area contributed by atoms with E-state index in [1.54, 1.807) is 0 Å². The highest BCUT2D eigenvalue weighted by atomic mass is 31.2. The lowest BCUT2D eigenvalue weighted by molar-refractivity contribution is -0.220. The number of rotatable bonds is 36. The smallest absolute Gasteiger partial charge is 0.462 e. The number of hydrogen-bond acceptors (Lipinski definition) is 12. The number of hydrogen-bond donors (Lipinski definition) is 6. The second-order valence-corrected chi connectivity index (χ2v) is 17.0. The molecule has 14 heteroatoms. The first-order valence-corrected chi connectivity index (χ1v) is 23.5. The Morgan fingerprint density at radius 1 is 0.536 bits per heavy atom. The lowest BCUT2D eigenvalue weighted by atomic mass is 9.85. The number of phosphoric acid groups is 1. The van der Waals surface area contributed by atoms with Gasteiger partial charge in [0.15, 0.2) is 6.10 Å². The molecule has 1 aliphatic carbocycles. The molecule has 0 radical (unpaired) electrons. The van der Waals surface area contributed by atoms with E-state index < -0.39 is 75.7 Å². The van der Waals surface area contributed by atoms with Crippen molar-refractivity contribution < 1.29 is 63.1 Å². The van der Waals surface area contributed by atoms with Crippen molar-refractivity contribution in [2.24, 2.45) is 0 Å². The van der Waals surface area contributed by atoms with Gasteiger partial charge in [-0.1, -0.05) is 148 Å². The number of ether oxygens (including phenoxy) is 2. The van der Waals surface area contributed by atoms with E-state index in [0.29, 0.717) is 12.8 Å². The Morgan fingerprint density at radius 2 is 0.911 bits per heavy atom. The van der Waals surface area contributed by atoms with Crippen molar-refractivity contribution in [2.45, 2.75) is 230 Å². The van der Waals surface area contributed by atoms with Crippen LogP contribution in [0.1, 0.15) is 187 Å². The summed E-state index contributed by atoms with van der Waals surface area (Å²) in [7, 11) is -5.10. The van der Waals surface area contributed by atoms with Crippen LogP contribution in [0.5, 0.6) is 0 Å². The molecule has 0 spiro atoms. The van der Waals surface area contributed by atoms with Gasteiger partial charge in [0.1, 0.15) is 43.2 Å². The summed E-state index contributed by atoms with van der Waals surface area (Å²) in [6.45, 7) is 3.24. The third-order valence-corrected chi connectivity index (χ3v) is 11.3. The first-order chi connectivity index (χ1) is 26.9. The van der Waals surface area contributed by atoms with E-state index in [-0.39, 0.29) is 12.8 Å². The molecule has 1 rings (SSSR count). The predicted octanol–water partition coefficient (Wildman–Crippen LogP) is 7.89. The van der Waals surface area contributed by atoms with E-state index in [9.17, 15) is 44.6 Å². The normalized spacial score (nSPS) is 22.9. The quantitative estimate of drug-likeness (QED) is 0.0154. The zero-order chi connectivity index (χ0) is 41.4. The lowest BCUT2D eigenvalue weighted by Crippen LogP contribution is -2.64. The summed E-state index contributed by atoms with van der Waals surface area (Å²) >= 11 is 0. The first kappa shape index (κ1) is 52.6. The molecular formula is C42H79O13P. The van der Waals surface area contributed by atoms with Gasteiger partial charge in [0, 0.05) is 12.8 Å². The van der Waals surface area contributed by atoms with Gasteiger partial charge in [-0.25, -0.2) is 4.57 Å². The van der Waals surface area contributed by atoms with E-state index in [1.807, 2.05) is 0 Å². The summed E-state index contributed by atoms with van der Waals surface area (Å²) in [5.74, 6) is -1.10. The van der Waals surface area contributed by atoms with Crippen LogP contribution < -0.4 is 0 Å². The molecule has 0 heterocycles. The highest BCUT2D eigenvalue weighted by Gasteiger charge is 2.51. The molecule has 1 fully saturated rings. The Balaban J connectivity index is 2.39. The number of unbranched alkanes of at least 4 members (excludes halogenated alkanes) is 22. The zero-order valence-corrected chi connectivity index (χ0v) is 35.6. The van der Waals surface area contributed by atoms with Crippen molar-refractivity contribution in [2.75, 3.05) is 13.2 Å². The molecule has 0 bridgehead atoms. The van der Waals surface area contributed by atoms with Gasteiger partial charge in [-0.2, -0.15) is 0 Å². The van der Waals surface area contributed by atoms with Gasteiger partial charge in [-0.15, -0.1) is 0 Å². The number of aliphatic hydroxyl groups is 5. The summed E-state index contributed by atoms with van der Waals surface area (Å²) in [6, 6.07) is 0. The van der Waals surface area contributed by atoms with Gasteiger partial charge < -0.3 is 39.9 Å². The van der Waals surface area contributed by atoms with E-state index >= 15 is 0 Å². The first-order valence-electron chi connectivity index (χ1n) is 22.0. The fourth-order valence-electron chi connectivity index (χ4n) is 6.75. The second kappa shape index (κ2) is 33.4. The van der Waals surface area contributed by atoms with Crippen molar-refractivity contribution in [1.29, 1.82) is 0 Å². The van der Waals surface area contributed by atoms with Gasteiger partial charge in [0.05, 0.1) is 6.61 Å². The summed E-state index contributed by atoms with van der Waals surface area (Å²) in [4.78, 5) is 35.5. The number of phosphoric ester groups is 1. The molecule has 6 unspecified atom stereocenters. The average molecular weight is 823 g/mol. The van der Waals surface area contributed by atoms with Crippen LogP contribution in [0.25, 0.3) is 0 Å². The molecular weight excluding hydrogens is 743 g/mol. The van der Waals surface area contributed by atoms with Crippen molar-refractivity contribution >= 4 is 19.8 Å². The van der Waals surface area contributed by atoms with E-state index in [1.165, 1.54) is 103 Å². The standard InChI is InChI=1S/C42H79O13P/c1-3-5-7-9-11-13-14-15-16-17-18-19-20-21-22-23-25-26-28-30-35(43)52-32-34(54-36(44)31-29-27-24-12-10-8-6-4-2)33-53-56(50,51)55-42-40(48)38(46)37(45)39(47)41(42)49/h15-16,34,37-42,45-49H,3-14,17-33H2,1-2H3,(H,50,51)/b16-15+/t34-,37?,38-,39?,40?,41?,42?/m0/s1. The van der Waals surface area contributed by atoms with E-state index in [2.05, 4.69) is 26.0 Å². The maximum Gasteiger partial charge on any atom is 0.472 e. The van der Waals surface area contributed by atoms with Gasteiger partial charge in [0.25, 0.3) is 0 Å². The minimum Gasteiger partial charge on any atom is -0.462 e. The summed E-state index contributed by atoms with van der Waals surface area (Å²) in [5, 5.41) is 50.0. The van der Waals surface area contributed by atoms with Crippen LogP contribution in [0, 0.1) is 0 Å². The molecule has 0 aromatic heterocycles. The molecule has 330 valence electrons. The summed E-state index contributed by atoms with van der Waals surface area (Å²) < 4.78 is 33.4. The van der Waals surface area contributed by atoms with Crippen molar-refractivity contribution in [3.05, 3.63) is 12.2 Å². The third kappa shape index (κ3) is 25.8. The Kier molecular flexibility index (Phi) is 31.4. The highest BCUT2D eigenvalue weighted by Crippen LogP contribution is 2.47. The van der Waals surface area contributed by atoms with E-state index in [0.717, 1.165) is 44.9 Å². The average Bonchev–Trinajstić information content (AvgIpc) is 3.18. The lowest BCUT2D eigenvalue weighted by Gasteiger charge is -2.41. The Morgan fingerprint density at radius 3 is 1.36 bits per heavy atom. The molecule has 0 aliphatic heterocycles. The monoisotopic (exact) mass is 823 g/mol. The molecule has 1 aliphatic rings. The van der Waals surface area contributed by atoms with Crippen LogP contribution >= 0.6 is 7.82 Å². The SMILES string of the molecule is CCCCCCCC/C=C/CCCCCCCCCCCC(=O)OC[C@@H](COP(=O)(O)OC1C(O)C(O)C(O)[C@H](O)C1O)OC(=O)CCCCCCCCCC. The van der Waals surface area contributed by atoms with Crippen LogP contribution in [0.4, 0.5) is 0 Å². The molecule has 8 atom stereocenters. The number of aliphatic hydroxyl groups excluding tert-OH is 5. The molecule has 1 saturated carbocycles. The van der Waals surface area contributed by atoms with Crippen LogP contribution in [-0.2, 0) is 32.7 Å². The minimum absolute atomic E-state index is 0.0992. The number of carbonyl (C=O) groups excluding carboxylic acids is 2. The zero-order valence-electron chi connectivity index (χ0n) is 34.7. The second-order valence-electron chi connectivity index (χ2n) is 15.6. The molecule has 0 amide bonds. The maximum absolute atomic E-state index is 12.7. The molecule has 0 aromatic rings. The van der Waals surface area contributed by atoms with Gasteiger partial charge in [-0.05, 0) is 38.5 Å². The van der Waals surface area contributed by atoms with Gasteiger partial charge in [0.2, 0.25) is 0 Å². The van der Waals surface area contributed by atoms with Crippen LogP contribution in [0.2, 0.25) is 0 Å². The Hall–Kier alpha value is -1.41. The molecule has 6 N–H and O–H groups in total. The Labute approximate surface area is 337 Å². The van der Waals surface area contributed by atoms with Crippen molar-refractivity contribution in [3.63, 3.8) is 0 Å². The van der Waals surface area contributed by atoms with Gasteiger partial charge >= 0.3 is 19.8 Å². The highest BCUT2D eigenvalue weighted by molar-refractivity contribution is 7.47. The minimum atomic E-state index is -5.10. The topological polar surface area (TPSA) is 210 Å². The fraction of sp³-hybridized carbons (Fsp3) is 0.905. The van der Waals surface area contributed by atoms with Gasteiger partial charge in [-0.3, -0.25) is 18.6 Å². The van der Waals surface area contributed by atoms with Crippen molar-refractivity contribution in [1.82, 2.24) is 0 Å². The summed E-state index contributed by atoms with van der Waals surface area (Å²) in [6.07, 6.45) is 20.2. The van der Waals surface area contributed by atoms with Crippen molar-refractivity contribution in [3.8, 4) is 0 Å². The largest absolute Gasteiger partial charge is 0.472 e. The maximum atomic E-state index is 12.7. The van der Waals surface area contributed by atoms with Crippen LogP contribution in [-0.4, -0.2) is 98.3 Å². The molecule has 56 heavy (non-hydrogen) atoms. The molecule has 13 nitrogen and oxygen atoms in total. The summed E-state index contributed by atoms with van der Waals surface area (Å²) in [5.41, 5.74) is 0.